The molecule has 0 unspecified atom stereocenters. The molecule has 20 heavy (non-hydrogen) atoms. The smallest absolute Gasteiger partial charge is 0.338 e. The number of ether oxygens (including phenoxy) is 1. The molecule has 1 aromatic carbocycles. The van der Waals surface area contributed by atoms with E-state index in [2.05, 4.69) is 4.98 Å². The summed E-state index contributed by atoms with van der Waals surface area (Å²) >= 11 is 0. The highest BCUT2D eigenvalue weighted by molar-refractivity contribution is 5.90. The summed E-state index contributed by atoms with van der Waals surface area (Å²) < 4.78 is 4.92. The third-order valence-corrected chi connectivity index (χ3v) is 2.63. The summed E-state index contributed by atoms with van der Waals surface area (Å²) in [6.07, 6.45) is 1.19. The summed E-state index contributed by atoms with van der Waals surface area (Å²) in [5.41, 5.74) is 1.60. The zero-order chi connectivity index (χ0) is 14.5. The minimum absolute atomic E-state index is 0.0738. The Kier molecular flexibility index (Phi) is 4.05. The first-order valence-electron chi connectivity index (χ1n) is 6.00. The highest BCUT2D eigenvalue weighted by atomic mass is 16.6. The number of carbonyl (C=O) groups is 1. The maximum atomic E-state index is 11.6. The normalized spacial score (nSPS) is 10.1. The topological polar surface area (TPSA) is 82.3 Å². The molecule has 0 aliphatic heterocycles. The third kappa shape index (κ3) is 2.97. The average Bonchev–Trinajstić information content (AvgIpc) is 2.48. The minimum atomic E-state index is -0.508. The van der Waals surface area contributed by atoms with Crippen LogP contribution in [-0.4, -0.2) is 22.5 Å². The fourth-order valence-corrected chi connectivity index (χ4v) is 1.68. The number of hydrogen-bond acceptors (Lipinski definition) is 5. The zero-order valence-corrected chi connectivity index (χ0v) is 10.8. The molecule has 0 fully saturated rings. The third-order valence-electron chi connectivity index (χ3n) is 2.63. The lowest BCUT2D eigenvalue weighted by molar-refractivity contribution is -0.385. The number of nitro groups is 1. The molecule has 0 bridgehead atoms. The van der Waals surface area contributed by atoms with Crippen LogP contribution in [0.5, 0.6) is 0 Å². The van der Waals surface area contributed by atoms with Gasteiger partial charge in [0.1, 0.15) is 6.20 Å². The van der Waals surface area contributed by atoms with E-state index in [1.807, 2.05) is 0 Å². The average molecular weight is 272 g/mol. The van der Waals surface area contributed by atoms with Crippen LogP contribution in [0.25, 0.3) is 11.3 Å². The zero-order valence-electron chi connectivity index (χ0n) is 10.8. The Labute approximate surface area is 115 Å². The molecule has 1 heterocycles. The van der Waals surface area contributed by atoms with Gasteiger partial charge in [0.25, 0.3) is 5.69 Å². The number of rotatable bonds is 4. The fraction of sp³-hybridized carbons (Fsp3) is 0.143. The van der Waals surface area contributed by atoms with Gasteiger partial charge in [-0.3, -0.25) is 10.1 Å². The number of carbonyl (C=O) groups excluding carboxylic acids is 1. The predicted molar refractivity (Wildman–Crippen MR) is 72.3 cm³/mol. The standard InChI is InChI=1S/C14H12N2O4/c1-2-20-14(17)11-5-3-4-10(8-11)13-7-6-12(9-15-13)16(18)19/h3-9H,2H2,1H3. The van der Waals surface area contributed by atoms with E-state index in [4.69, 9.17) is 4.74 Å². The molecule has 0 amide bonds. The molecule has 6 heteroatoms. The number of hydrogen-bond donors (Lipinski definition) is 0. The first-order valence-corrected chi connectivity index (χ1v) is 6.00. The van der Waals surface area contributed by atoms with Crippen LogP contribution in [0, 0.1) is 10.1 Å². The Balaban J connectivity index is 2.31. The van der Waals surface area contributed by atoms with Crippen LogP contribution in [0.4, 0.5) is 5.69 Å². The fourth-order valence-electron chi connectivity index (χ4n) is 1.68. The monoisotopic (exact) mass is 272 g/mol. The van der Waals surface area contributed by atoms with Gasteiger partial charge >= 0.3 is 5.97 Å². The van der Waals surface area contributed by atoms with E-state index in [9.17, 15) is 14.9 Å². The summed E-state index contributed by atoms with van der Waals surface area (Å²) in [7, 11) is 0. The van der Waals surface area contributed by atoms with Gasteiger partial charge in [-0.05, 0) is 25.1 Å². The molecular formula is C14H12N2O4. The van der Waals surface area contributed by atoms with Crippen molar-refractivity contribution in [2.75, 3.05) is 6.61 Å². The number of aromatic nitrogens is 1. The maximum absolute atomic E-state index is 11.6. The van der Waals surface area contributed by atoms with Crippen LogP contribution in [0.15, 0.2) is 42.6 Å². The van der Waals surface area contributed by atoms with Gasteiger partial charge in [0.05, 0.1) is 22.8 Å². The summed E-state index contributed by atoms with van der Waals surface area (Å²) in [6.45, 7) is 2.04. The largest absolute Gasteiger partial charge is 0.462 e. The lowest BCUT2D eigenvalue weighted by Crippen LogP contribution is -2.04. The van der Waals surface area contributed by atoms with Gasteiger partial charge in [0.2, 0.25) is 0 Å². The quantitative estimate of drug-likeness (QED) is 0.485. The Bertz CT molecular complexity index is 638. The van der Waals surface area contributed by atoms with E-state index in [1.165, 1.54) is 12.3 Å². The van der Waals surface area contributed by atoms with E-state index in [-0.39, 0.29) is 5.69 Å². The molecule has 0 N–H and O–H groups in total. The second-order valence-corrected chi connectivity index (χ2v) is 3.96. The van der Waals surface area contributed by atoms with Crippen LogP contribution in [0.3, 0.4) is 0 Å². The van der Waals surface area contributed by atoms with Crippen LogP contribution in [-0.2, 0) is 4.74 Å². The molecule has 2 aromatic rings. The molecule has 0 radical (unpaired) electrons. The van der Waals surface area contributed by atoms with Crippen molar-refractivity contribution in [3.05, 3.63) is 58.3 Å². The summed E-state index contributed by atoms with van der Waals surface area (Å²) in [5, 5.41) is 10.6. The number of esters is 1. The van der Waals surface area contributed by atoms with Crippen molar-refractivity contribution >= 4 is 11.7 Å². The molecule has 2 rings (SSSR count). The molecule has 0 aliphatic carbocycles. The SMILES string of the molecule is CCOC(=O)c1cccc(-c2ccc([N+](=O)[O-])cn2)c1. The molecule has 1 aromatic heterocycles. The van der Waals surface area contributed by atoms with Gasteiger partial charge in [0, 0.05) is 11.6 Å². The molecular weight excluding hydrogens is 260 g/mol. The van der Waals surface area contributed by atoms with E-state index in [0.717, 1.165) is 0 Å². The molecule has 0 atom stereocenters. The van der Waals surface area contributed by atoms with Crippen molar-refractivity contribution in [3.8, 4) is 11.3 Å². The lowest BCUT2D eigenvalue weighted by Gasteiger charge is -2.04. The van der Waals surface area contributed by atoms with Gasteiger partial charge in [-0.2, -0.15) is 0 Å². The van der Waals surface area contributed by atoms with Crippen molar-refractivity contribution in [2.45, 2.75) is 6.92 Å². The van der Waals surface area contributed by atoms with Crippen LogP contribution >= 0.6 is 0 Å². The summed E-state index contributed by atoms with van der Waals surface area (Å²) in [5.74, 6) is -0.406. The van der Waals surface area contributed by atoms with Crippen molar-refractivity contribution in [3.63, 3.8) is 0 Å². The Morgan fingerprint density at radius 3 is 2.75 bits per heavy atom. The minimum Gasteiger partial charge on any atom is -0.462 e. The van der Waals surface area contributed by atoms with Gasteiger partial charge in [-0.15, -0.1) is 0 Å². The molecule has 0 spiro atoms. The maximum Gasteiger partial charge on any atom is 0.338 e. The second kappa shape index (κ2) is 5.92. The Hall–Kier alpha value is -2.76. The second-order valence-electron chi connectivity index (χ2n) is 3.96. The van der Waals surface area contributed by atoms with Crippen molar-refractivity contribution < 1.29 is 14.5 Å². The first kappa shape index (κ1) is 13.7. The summed E-state index contributed by atoms with van der Waals surface area (Å²) in [6, 6.07) is 9.70. The van der Waals surface area contributed by atoms with Crippen LogP contribution < -0.4 is 0 Å². The van der Waals surface area contributed by atoms with Gasteiger partial charge in [0.15, 0.2) is 0 Å². The van der Waals surface area contributed by atoms with E-state index in [1.54, 1.807) is 37.3 Å². The Morgan fingerprint density at radius 2 is 2.15 bits per heavy atom. The van der Waals surface area contributed by atoms with Crippen molar-refractivity contribution in [2.24, 2.45) is 0 Å². The van der Waals surface area contributed by atoms with Crippen LogP contribution in [0.1, 0.15) is 17.3 Å². The van der Waals surface area contributed by atoms with Crippen molar-refractivity contribution in [1.29, 1.82) is 0 Å². The molecule has 0 aliphatic rings. The predicted octanol–water partition coefficient (Wildman–Crippen LogP) is 2.83. The highest BCUT2D eigenvalue weighted by Crippen LogP contribution is 2.20. The molecule has 0 saturated carbocycles. The molecule has 102 valence electrons. The van der Waals surface area contributed by atoms with Gasteiger partial charge in [-0.25, -0.2) is 9.78 Å². The molecule has 0 saturated heterocycles. The number of benzene rings is 1. The van der Waals surface area contributed by atoms with Gasteiger partial charge < -0.3 is 4.74 Å². The van der Waals surface area contributed by atoms with Gasteiger partial charge in [-0.1, -0.05) is 12.1 Å². The van der Waals surface area contributed by atoms with Crippen molar-refractivity contribution in [1.82, 2.24) is 4.98 Å². The van der Waals surface area contributed by atoms with E-state index >= 15 is 0 Å². The summed E-state index contributed by atoms with van der Waals surface area (Å²) in [4.78, 5) is 25.7. The Morgan fingerprint density at radius 1 is 1.35 bits per heavy atom. The lowest BCUT2D eigenvalue weighted by atomic mass is 10.1. The first-order chi connectivity index (χ1) is 9.61. The molecule has 6 nitrogen and oxygen atoms in total. The van der Waals surface area contributed by atoms with Crippen LogP contribution in [0.2, 0.25) is 0 Å². The number of nitrogens with zero attached hydrogens (tertiary/aromatic N) is 2. The highest BCUT2D eigenvalue weighted by Gasteiger charge is 2.10. The van der Waals surface area contributed by atoms with E-state index < -0.39 is 10.9 Å². The van der Waals surface area contributed by atoms with E-state index in [0.29, 0.717) is 23.4 Å². The number of pyridine rings is 1.